The number of fused-ring (bicyclic) bond motifs is 6. The lowest BCUT2D eigenvalue weighted by molar-refractivity contribution is 0.669. The minimum absolute atomic E-state index is 0.0371. The molecule has 0 saturated heterocycles. The van der Waals surface area contributed by atoms with Crippen molar-refractivity contribution in [1.82, 2.24) is 0 Å². The molecule has 1 aromatic heterocycles. The molecular weight excluding hydrogens is 778 g/mol. The Morgan fingerprint density at radius 1 is 0.554 bits per heavy atom. The zero-order chi connectivity index (χ0) is 45.0. The Kier molecular flexibility index (Phi) is 10.8. The highest BCUT2D eigenvalue weighted by Crippen LogP contribution is 2.57. The van der Waals surface area contributed by atoms with E-state index in [1.807, 2.05) is 91.0 Å². The topological polar surface area (TPSA) is 16.4 Å². The SMILES string of the molecule is [B]C/C(=C([B])\C([B])=C(/C#C)N(c1ccc2c(c1)C(c1ccccc1)(c1ccccc1)c1ccccc1-2)c1c([B])c([B])c(-c2ccccc2)c([B])c1[B])c1ccc2oc3ccccc3c2c1. The van der Waals surface area contributed by atoms with Crippen molar-refractivity contribution in [1.29, 1.82) is 0 Å². The Hall–Kier alpha value is -7.15. The molecule has 14 radical (unpaired) electrons. The first-order valence-corrected chi connectivity index (χ1v) is 21.2. The van der Waals surface area contributed by atoms with Gasteiger partial charge in [0, 0.05) is 22.1 Å². The molecule has 9 aromatic rings. The number of para-hydroxylation sites is 1. The molecule has 1 aliphatic carbocycles. The van der Waals surface area contributed by atoms with Crippen molar-refractivity contribution in [3.05, 3.63) is 220 Å². The fourth-order valence-electron chi connectivity index (χ4n) is 9.76. The molecule has 0 N–H and O–H groups in total. The van der Waals surface area contributed by atoms with E-state index in [4.69, 9.17) is 65.8 Å². The highest BCUT2D eigenvalue weighted by molar-refractivity contribution is 6.63. The number of terminal acetylenes is 1. The van der Waals surface area contributed by atoms with Crippen molar-refractivity contribution in [3.8, 4) is 34.6 Å². The summed E-state index contributed by atoms with van der Waals surface area (Å²) in [7, 11) is 49.3. The second-order valence-corrected chi connectivity index (χ2v) is 16.1. The molecule has 0 unspecified atom stereocenters. The average molecular weight is 811 g/mol. The van der Waals surface area contributed by atoms with E-state index in [-0.39, 0.29) is 50.5 Å². The molecule has 0 saturated carbocycles. The predicted octanol–water partition coefficient (Wildman–Crippen LogP) is 8.11. The van der Waals surface area contributed by atoms with Gasteiger partial charge in [-0.25, -0.2) is 0 Å². The third kappa shape index (κ3) is 6.61. The predicted molar refractivity (Wildman–Crippen MR) is 278 cm³/mol. The molecule has 8 aromatic carbocycles. The van der Waals surface area contributed by atoms with Crippen LogP contribution < -0.4 is 26.8 Å². The summed E-state index contributed by atoms with van der Waals surface area (Å²) in [6.45, 7) is 0. The van der Waals surface area contributed by atoms with Gasteiger partial charge in [0.05, 0.1) is 19.0 Å². The lowest BCUT2D eigenvalue weighted by Crippen LogP contribution is -2.47. The standard InChI is InChI=1S/C56H32B7NO/c1-2-45(50(59)49(58)42(32-57)34-26-29-47-41(30-34)40-23-13-15-25-46(40)65-47)64(55-53(62)51(60)48(52(61)54(55)63)33-16-6-3-7-17-33)37-27-28-39-38-22-12-14-24-43(38)56(44(39)31-37,35-18-8-4-9-19-35)36-20-10-5-11-21-36/h1,3-31H,32H2/b49-42-,50-45-. The Labute approximate surface area is 389 Å². The van der Waals surface area contributed by atoms with Crippen molar-refractivity contribution < 1.29 is 4.42 Å². The summed E-state index contributed by atoms with van der Waals surface area (Å²) in [5, 5.41) is 1.86. The maximum Gasteiger partial charge on any atom is 0.135 e. The van der Waals surface area contributed by atoms with E-state index < -0.39 is 5.41 Å². The van der Waals surface area contributed by atoms with Crippen LogP contribution in [-0.2, 0) is 5.41 Å². The number of allylic oxidation sites excluding steroid dienone is 4. The van der Waals surface area contributed by atoms with Crippen molar-refractivity contribution >= 4 is 116 Å². The molecule has 65 heavy (non-hydrogen) atoms. The van der Waals surface area contributed by atoms with Crippen molar-refractivity contribution in [2.24, 2.45) is 0 Å². The van der Waals surface area contributed by atoms with Crippen LogP contribution in [0.15, 0.2) is 197 Å². The van der Waals surface area contributed by atoms with E-state index in [1.165, 1.54) is 0 Å². The minimum Gasteiger partial charge on any atom is -0.456 e. The summed E-state index contributed by atoms with van der Waals surface area (Å²) < 4.78 is 6.13. The number of hydrogen-bond donors (Lipinski definition) is 0. The lowest BCUT2D eigenvalue weighted by Gasteiger charge is -2.36. The maximum absolute atomic E-state index is 7.25. The number of furan rings is 1. The van der Waals surface area contributed by atoms with E-state index in [0.29, 0.717) is 16.8 Å². The molecule has 0 bridgehead atoms. The smallest absolute Gasteiger partial charge is 0.135 e. The molecule has 0 fully saturated rings. The molecule has 1 heterocycles. The van der Waals surface area contributed by atoms with E-state index in [9.17, 15) is 0 Å². The summed E-state index contributed by atoms with van der Waals surface area (Å²) in [5.41, 5.74) is 11.7. The lowest BCUT2D eigenvalue weighted by atomic mass is 9.64. The Balaban J connectivity index is 1.26. The van der Waals surface area contributed by atoms with Gasteiger partial charge in [-0.3, -0.25) is 0 Å². The Morgan fingerprint density at radius 2 is 1.12 bits per heavy atom. The van der Waals surface area contributed by atoms with Gasteiger partial charge in [-0.05, 0) is 80.4 Å². The summed E-state index contributed by atoms with van der Waals surface area (Å²) in [6.07, 6.45) is 6.65. The number of nitrogens with zero attached hydrogens (tertiary/aromatic N) is 1. The van der Waals surface area contributed by atoms with Gasteiger partial charge in [-0.1, -0.05) is 196 Å². The zero-order valence-corrected chi connectivity index (χ0v) is 35.4. The normalized spacial score (nSPS) is 13.4. The van der Waals surface area contributed by atoms with E-state index in [1.54, 1.807) is 4.90 Å². The minimum atomic E-state index is -0.754. The maximum atomic E-state index is 7.25. The van der Waals surface area contributed by atoms with E-state index >= 15 is 0 Å². The fourth-order valence-corrected chi connectivity index (χ4v) is 9.76. The van der Waals surface area contributed by atoms with E-state index in [0.717, 1.165) is 66.4 Å². The highest BCUT2D eigenvalue weighted by atomic mass is 16.3. The van der Waals surface area contributed by atoms with Crippen molar-refractivity contribution in [3.63, 3.8) is 0 Å². The summed E-state index contributed by atoms with van der Waals surface area (Å²) in [4.78, 5) is 1.75. The largest absolute Gasteiger partial charge is 0.456 e. The van der Waals surface area contributed by atoms with E-state index in [2.05, 4.69) is 90.8 Å². The molecule has 0 aliphatic heterocycles. The second-order valence-electron chi connectivity index (χ2n) is 16.1. The van der Waals surface area contributed by atoms with Crippen LogP contribution in [0, 0.1) is 12.3 Å². The van der Waals surface area contributed by atoms with Crippen LogP contribution in [0.4, 0.5) is 11.4 Å². The van der Waals surface area contributed by atoms with Gasteiger partial charge in [0.15, 0.2) is 0 Å². The zero-order valence-electron chi connectivity index (χ0n) is 35.4. The van der Waals surface area contributed by atoms with Gasteiger partial charge >= 0.3 is 0 Å². The molecule has 0 atom stereocenters. The Morgan fingerprint density at radius 3 is 1.77 bits per heavy atom. The molecule has 1 aliphatic rings. The quantitative estimate of drug-likeness (QED) is 0.0833. The molecule has 10 rings (SSSR count). The van der Waals surface area contributed by atoms with Crippen LogP contribution in [0.5, 0.6) is 0 Å². The Bertz CT molecular complexity index is 3370. The summed E-state index contributed by atoms with van der Waals surface area (Å²) in [5.74, 6) is 2.89. The highest BCUT2D eigenvalue weighted by Gasteiger charge is 2.46. The van der Waals surface area contributed by atoms with Gasteiger partial charge in [0.25, 0.3) is 0 Å². The first-order valence-electron chi connectivity index (χ1n) is 21.2. The van der Waals surface area contributed by atoms with Crippen molar-refractivity contribution in [2.45, 2.75) is 11.7 Å². The van der Waals surface area contributed by atoms with Gasteiger partial charge in [-0.15, -0.1) is 6.42 Å². The number of hydrogen-bond acceptors (Lipinski definition) is 2. The van der Waals surface area contributed by atoms with Crippen LogP contribution in [0.25, 0.3) is 49.8 Å². The molecule has 0 amide bonds. The van der Waals surface area contributed by atoms with Crippen LogP contribution >= 0.6 is 0 Å². The van der Waals surface area contributed by atoms with Gasteiger partial charge in [-0.2, -0.15) is 0 Å². The number of rotatable bonds is 9. The average Bonchev–Trinajstić information content (AvgIpc) is 3.87. The molecule has 2 nitrogen and oxygen atoms in total. The summed E-state index contributed by atoms with van der Waals surface area (Å²) in [6, 6.07) is 58.8. The monoisotopic (exact) mass is 811 g/mol. The molecule has 9 heteroatoms. The molecule has 288 valence electrons. The van der Waals surface area contributed by atoms with Gasteiger partial charge < -0.3 is 9.32 Å². The number of benzene rings is 8. The second kappa shape index (κ2) is 16.8. The van der Waals surface area contributed by atoms with Gasteiger partial charge in [0.1, 0.15) is 58.2 Å². The number of anilines is 2. The first kappa shape index (κ1) is 41.8. The van der Waals surface area contributed by atoms with Gasteiger partial charge in [0.2, 0.25) is 0 Å². The molecule has 0 spiro atoms. The first-order chi connectivity index (χ1) is 31.7. The fraction of sp³-hybridized carbons (Fsp3) is 0.0357. The van der Waals surface area contributed by atoms with Crippen LogP contribution in [0.3, 0.4) is 0 Å². The third-order valence-electron chi connectivity index (χ3n) is 12.8. The van der Waals surface area contributed by atoms with Crippen LogP contribution in [0.1, 0.15) is 27.8 Å². The summed E-state index contributed by atoms with van der Waals surface area (Å²) >= 11 is 0. The van der Waals surface area contributed by atoms with Crippen LogP contribution in [-0.4, -0.2) is 54.9 Å². The van der Waals surface area contributed by atoms with Crippen molar-refractivity contribution in [2.75, 3.05) is 4.90 Å². The molecular formula is C56H32B7NO. The van der Waals surface area contributed by atoms with Crippen LogP contribution in [0.2, 0.25) is 6.32 Å². The third-order valence-corrected chi connectivity index (χ3v) is 12.8.